The van der Waals surface area contributed by atoms with Crippen molar-refractivity contribution in [1.29, 1.82) is 5.26 Å². The molecule has 1 aliphatic heterocycles. The van der Waals surface area contributed by atoms with Crippen LogP contribution < -0.4 is 9.64 Å². The van der Waals surface area contributed by atoms with Gasteiger partial charge >= 0.3 is 0 Å². The second-order valence-corrected chi connectivity index (χ2v) is 10.3. The summed E-state index contributed by atoms with van der Waals surface area (Å²) >= 11 is 0. The van der Waals surface area contributed by atoms with E-state index >= 15 is 0 Å². The standard InChI is InChI=1S/C21H25N7O2S/c1-4-30-19-14-28-21(16(11-22)13-24-28)20(25-19)15-5-6-18(23-12-15)27-9-7-17(8-10-27)26-31(2,3)29/h5-6,12-14,17H,4,7-10H2,1-3H3. The maximum Gasteiger partial charge on any atom is 0.232 e. The Labute approximate surface area is 181 Å². The maximum absolute atomic E-state index is 11.9. The molecule has 3 aromatic rings. The molecule has 0 aliphatic carbocycles. The van der Waals surface area contributed by atoms with Gasteiger partial charge in [0.2, 0.25) is 5.88 Å². The van der Waals surface area contributed by atoms with Gasteiger partial charge in [-0.15, -0.1) is 0 Å². The van der Waals surface area contributed by atoms with E-state index in [1.807, 2.05) is 19.1 Å². The van der Waals surface area contributed by atoms with Gasteiger partial charge in [-0.2, -0.15) is 10.4 Å². The van der Waals surface area contributed by atoms with Crippen LogP contribution in [0, 0.1) is 11.3 Å². The number of pyridine rings is 1. The summed E-state index contributed by atoms with van der Waals surface area (Å²) in [4.78, 5) is 11.5. The number of piperidine rings is 1. The van der Waals surface area contributed by atoms with Crippen LogP contribution in [0.1, 0.15) is 25.3 Å². The van der Waals surface area contributed by atoms with Crippen molar-refractivity contribution in [2.24, 2.45) is 4.36 Å². The van der Waals surface area contributed by atoms with Gasteiger partial charge in [-0.3, -0.25) is 4.21 Å². The van der Waals surface area contributed by atoms with Gasteiger partial charge in [0.15, 0.2) is 0 Å². The third kappa shape index (κ3) is 4.61. The molecule has 0 aromatic carbocycles. The van der Waals surface area contributed by atoms with Crippen LogP contribution in [0.4, 0.5) is 5.82 Å². The van der Waals surface area contributed by atoms with Crippen LogP contribution in [-0.2, 0) is 9.73 Å². The lowest BCUT2D eigenvalue weighted by Crippen LogP contribution is -2.36. The molecule has 0 amide bonds. The average molecular weight is 440 g/mol. The first-order valence-corrected chi connectivity index (χ1v) is 12.5. The molecular formula is C21H25N7O2S. The highest BCUT2D eigenvalue weighted by molar-refractivity contribution is 7.92. The largest absolute Gasteiger partial charge is 0.477 e. The molecule has 0 saturated carbocycles. The lowest BCUT2D eigenvalue weighted by Gasteiger charge is -2.31. The fourth-order valence-corrected chi connectivity index (χ4v) is 4.69. The second-order valence-electron chi connectivity index (χ2n) is 7.73. The Morgan fingerprint density at radius 2 is 2.06 bits per heavy atom. The van der Waals surface area contributed by atoms with Crippen molar-refractivity contribution in [2.75, 3.05) is 37.1 Å². The third-order valence-electron chi connectivity index (χ3n) is 5.10. The molecule has 1 saturated heterocycles. The highest BCUT2D eigenvalue weighted by Gasteiger charge is 2.21. The van der Waals surface area contributed by atoms with Crippen LogP contribution >= 0.6 is 0 Å². The highest BCUT2D eigenvalue weighted by atomic mass is 32.2. The minimum atomic E-state index is -2.08. The van der Waals surface area contributed by atoms with Crippen LogP contribution in [0.5, 0.6) is 5.88 Å². The van der Waals surface area contributed by atoms with Crippen molar-refractivity contribution >= 4 is 21.1 Å². The summed E-state index contributed by atoms with van der Waals surface area (Å²) in [7, 11) is -2.08. The van der Waals surface area contributed by atoms with Gasteiger partial charge in [0.05, 0.1) is 25.0 Å². The molecule has 1 aliphatic rings. The van der Waals surface area contributed by atoms with E-state index in [9.17, 15) is 9.47 Å². The molecule has 3 aromatic heterocycles. The van der Waals surface area contributed by atoms with E-state index in [1.54, 1.807) is 29.4 Å². The molecule has 10 heteroatoms. The molecular weight excluding hydrogens is 414 g/mol. The number of hydrogen-bond donors (Lipinski definition) is 0. The van der Waals surface area contributed by atoms with E-state index in [-0.39, 0.29) is 6.04 Å². The monoisotopic (exact) mass is 439 g/mol. The molecule has 4 heterocycles. The van der Waals surface area contributed by atoms with Gasteiger partial charge in [0.1, 0.15) is 28.7 Å². The average Bonchev–Trinajstić information content (AvgIpc) is 3.16. The molecule has 0 atom stereocenters. The number of fused-ring (bicyclic) bond motifs is 1. The first-order valence-electron chi connectivity index (χ1n) is 10.2. The zero-order valence-electron chi connectivity index (χ0n) is 17.9. The van der Waals surface area contributed by atoms with Crippen LogP contribution in [0.15, 0.2) is 35.1 Å². The quantitative estimate of drug-likeness (QED) is 0.601. The normalized spacial score (nSPS) is 15.1. The van der Waals surface area contributed by atoms with Gasteiger partial charge in [-0.1, -0.05) is 0 Å². The highest BCUT2D eigenvalue weighted by Crippen LogP contribution is 2.29. The molecule has 162 valence electrons. The first-order chi connectivity index (χ1) is 14.9. The van der Waals surface area contributed by atoms with E-state index in [1.165, 1.54) is 6.20 Å². The zero-order valence-corrected chi connectivity index (χ0v) is 18.7. The van der Waals surface area contributed by atoms with E-state index in [0.717, 1.165) is 37.3 Å². The van der Waals surface area contributed by atoms with Gasteiger partial charge < -0.3 is 9.64 Å². The molecule has 1 fully saturated rings. The number of rotatable bonds is 5. The maximum atomic E-state index is 11.9. The van der Waals surface area contributed by atoms with E-state index < -0.39 is 9.73 Å². The van der Waals surface area contributed by atoms with Crippen molar-refractivity contribution in [3.8, 4) is 23.2 Å². The lowest BCUT2D eigenvalue weighted by molar-refractivity contribution is 0.325. The summed E-state index contributed by atoms with van der Waals surface area (Å²) in [6.07, 6.45) is 10.1. The SMILES string of the molecule is CCOc1cn2ncc(C#N)c2c(-c2ccc(N3CCC(N=S(C)(C)=O)CC3)nc2)n1. The fraction of sp³-hybridized carbons (Fsp3) is 0.429. The number of nitriles is 1. The third-order valence-corrected chi connectivity index (χ3v) is 5.91. The summed E-state index contributed by atoms with van der Waals surface area (Å²) in [5.41, 5.74) is 2.47. The number of ether oxygens (including phenoxy) is 1. The minimum absolute atomic E-state index is 0.142. The second kappa shape index (κ2) is 8.51. The van der Waals surface area contributed by atoms with E-state index in [0.29, 0.717) is 29.3 Å². The predicted molar refractivity (Wildman–Crippen MR) is 120 cm³/mol. The van der Waals surface area contributed by atoms with Crippen molar-refractivity contribution < 1.29 is 8.95 Å². The summed E-state index contributed by atoms with van der Waals surface area (Å²) in [6, 6.07) is 6.23. The van der Waals surface area contributed by atoms with Gasteiger partial charge in [-0.25, -0.2) is 18.8 Å². The Kier molecular flexibility index (Phi) is 5.78. The van der Waals surface area contributed by atoms with E-state index in [4.69, 9.17) is 4.74 Å². The van der Waals surface area contributed by atoms with Crippen LogP contribution in [0.2, 0.25) is 0 Å². The lowest BCUT2D eigenvalue weighted by atomic mass is 10.1. The van der Waals surface area contributed by atoms with Crippen molar-refractivity contribution in [3.05, 3.63) is 36.3 Å². The van der Waals surface area contributed by atoms with Gasteiger partial charge in [0, 0.05) is 47.1 Å². The number of hydrogen-bond acceptors (Lipinski definition) is 8. The molecule has 0 unspecified atom stereocenters. The first kappa shape index (κ1) is 21.1. The molecule has 0 N–H and O–H groups in total. The topological polar surface area (TPSA) is 109 Å². The smallest absolute Gasteiger partial charge is 0.232 e. The Morgan fingerprint density at radius 3 is 2.68 bits per heavy atom. The summed E-state index contributed by atoms with van der Waals surface area (Å²) < 4.78 is 23.6. The molecule has 0 spiro atoms. The number of aromatic nitrogens is 4. The van der Waals surface area contributed by atoms with Crippen LogP contribution in [0.3, 0.4) is 0 Å². The fourth-order valence-electron chi connectivity index (χ4n) is 3.77. The van der Waals surface area contributed by atoms with Gasteiger partial charge in [0.25, 0.3) is 0 Å². The van der Waals surface area contributed by atoms with Crippen molar-refractivity contribution in [1.82, 2.24) is 19.6 Å². The van der Waals surface area contributed by atoms with Crippen LogP contribution in [0.25, 0.3) is 16.8 Å². The van der Waals surface area contributed by atoms with Gasteiger partial charge in [-0.05, 0) is 31.9 Å². The Balaban J connectivity index is 1.60. The minimum Gasteiger partial charge on any atom is -0.477 e. The molecule has 4 rings (SSSR count). The van der Waals surface area contributed by atoms with Crippen LogP contribution in [-0.4, -0.2) is 62.0 Å². The Hall–Kier alpha value is -3.19. The van der Waals surface area contributed by atoms with Crippen molar-refractivity contribution in [3.63, 3.8) is 0 Å². The van der Waals surface area contributed by atoms with E-state index in [2.05, 4.69) is 30.4 Å². The Morgan fingerprint density at radius 1 is 1.29 bits per heavy atom. The molecule has 31 heavy (non-hydrogen) atoms. The summed E-state index contributed by atoms with van der Waals surface area (Å²) in [6.45, 7) is 4.01. The number of nitrogens with zero attached hydrogens (tertiary/aromatic N) is 7. The summed E-state index contributed by atoms with van der Waals surface area (Å²) in [5.74, 6) is 1.32. The molecule has 9 nitrogen and oxygen atoms in total. The number of anilines is 1. The molecule has 0 bridgehead atoms. The molecule has 0 radical (unpaired) electrons. The van der Waals surface area contributed by atoms with Crippen molar-refractivity contribution in [2.45, 2.75) is 25.8 Å². The Bertz CT molecular complexity index is 1240. The zero-order chi connectivity index (χ0) is 22.0. The predicted octanol–water partition coefficient (Wildman–Crippen LogP) is 2.76. The summed E-state index contributed by atoms with van der Waals surface area (Å²) in [5, 5.41) is 13.7.